The van der Waals surface area contributed by atoms with Crippen LogP contribution in [0.5, 0.6) is 0 Å². The normalized spacial score (nSPS) is 10.7. The molecule has 0 aliphatic heterocycles. The first kappa shape index (κ1) is 15.5. The Morgan fingerprint density at radius 2 is 1.96 bits per heavy atom. The fourth-order valence-electron chi connectivity index (χ4n) is 2.41. The van der Waals surface area contributed by atoms with Gasteiger partial charge in [0.25, 0.3) is 11.5 Å². The van der Waals surface area contributed by atoms with Crippen molar-refractivity contribution in [2.75, 3.05) is 0 Å². The average molecular weight is 371 g/mol. The Kier molecular flexibility index (Phi) is 4.30. The molecule has 4 nitrogen and oxygen atoms in total. The second-order valence-corrected chi connectivity index (χ2v) is 6.23. The molecule has 1 aromatic heterocycles. The SMILES string of the molecule is Cc1ccc2cc(CNC(=O)c3ccccc3Br)c(=O)[nH]c2c1. The maximum atomic E-state index is 12.2. The number of fused-ring (bicyclic) bond motifs is 1. The predicted octanol–water partition coefficient (Wildman–Crippen LogP) is 3.53. The van der Waals surface area contributed by atoms with Gasteiger partial charge in [-0.15, -0.1) is 0 Å². The van der Waals surface area contributed by atoms with Gasteiger partial charge >= 0.3 is 0 Å². The molecule has 5 heteroatoms. The average Bonchev–Trinajstić information content (AvgIpc) is 2.53. The van der Waals surface area contributed by atoms with Gasteiger partial charge < -0.3 is 10.3 Å². The summed E-state index contributed by atoms with van der Waals surface area (Å²) in [6, 6.07) is 14.9. The van der Waals surface area contributed by atoms with Gasteiger partial charge in [0, 0.05) is 22.1 Å². The van der Waals surface area contributed by atoms with Gasteiger partial charge in [-0.3, -0.25) is 9.59 Å². The van der Waals surface area contributed by atoms with Crippen LogP contribution in [0.2, 0.25) is 0 Å². The van der Waals surface area contributed by atoms with Crippen LogP contribution in [0, 0.1) is 6.92 Å². The quantitative estimate of drug-likeness (QED) is 0.740. The first-order chi connectivity index (χ1) is 11.0. The molecule has 0 aliphatic rings. The molecule has 0 atom stereocenters. The summed E-state index contributed by atoms with van der Waals surface area (Å²) >= 11 is 3.35. The maximum Gasteiger partial charge on any atom is 0.253 e. The van der Waals surface area contributed by atoms with Crippen molar-refractivity contribution in [3.8, 4) is 0 Å². The molecule has 2 N–H and O–H groups in total. The molecule has 0 saturated heterocycles. The zero-order valence-electron chi connectivity index (χ0n) is 12.5. The Morgan fingerprint density at radius 3 is 2.74 bits per heavy atom. The first-order valence-electron chi connectivity index (χ1n) is 7.20. The molecule has 1 amide bonds. The van der Waals surface area contributed by atoms with Crippen LogP contribution in [0.1, 0.15) is 21.5 Å². The van der Waals surface area contributed by atoms with Crippen LogP contribution in [-0.2, 0) is 6.54 Å². The van der Waals surface area contributed by atoms with E-state index in [2.05, 4.69) is 26.2 Å². The zero-order chi connectivity index (χ0) is 16.4. The van der Waals surface area contributed by atoms with E-state index in [0.717, 1.165) is 20.9 Å². The van der Waals surface area contributed by atoms with Gasteiger partial charge in [0.15, 0.2) is 0 Å². The summed E-state index contributed by atoms with van der Waals surface area (Å²) in [5.74, 6) is -0.221. The van der Waals surface area contributed by atoms with E-state index in [-0.39, 0.29) is 18.0 Å². The number of hydrogen-bond acceptors (Lipinski definition) is 2. The van der Waals surface area contributed by atoms with Crippen molar-refractivity contribution >= 4 is 32.7 Å². The minimum Gasteiger partial charge on any atom is -0.348 e. The number of aromatic amines is 1. The highest BCUT2D eigenvalue weighted by molar-refractivity contribution is 9.10. The third-order valence-electron chi connectivity index (χ3n) is 3.64. The van der Waals surface area contributed by atoms with E-state index in [4.69, 9.17) is 0 Å². The summed E-state index contributed by atoms with van der Waals surface area (Å²) in [6.45, 7) is 2.16. The fraction of sp³-hybridized carbons (Fsp3) is 0.111. The molecular formula is C18H15BrN2O2. The molecule has 1 heterocycles. The van der Waals surface area contributed by atoms with Gasteiger partial charge in [-0.25, -0.2) is 0 Å². The lowest BCUT2D eigenvalue weighted by atomic mass is 10.1. The van der Waals surface area contributed by atoms with Crippen LogP contribution in [0.15, 0.2) is 57.8 Å². The Labute approximate surface area is 141 Å². The van der Waals surface area contributed by atoms with E-state index >= 15 is 0 Å². The number of amides is 1. The number of carbonyl (C=O) groups excluding carboxylic acids is 1. The number of benzene rings is 2. The lowest BCUT2D eigenvalue weighted by molar-refractivity contribution is 0.0950. The number of nitrogens with one attached hydrogen (secondary N) is 2. The molecule has 0 saturated carbocycles. The number of aromatic nitrogens is 1. The highest BCUT2D eigenvalue weighted by Gasteiger charge is 2.10. The standard InChI is InChI=1S/C18H15BrN2O2/c1-11-6-7-12-9-13(17(22)21-16(12)8-11)10-20-18(23)14-4-2-3-5-15(14)19/h2-9H,10H2,1H3,(H,20,23)(H,21,22). The largest absolute Gasteiger partial charge is 0.348 e. The van der Waals surface area contributed by atoms with Gasteiger partial charge in [0.2, 0.25) is 0 Å². The summed E-state index contributed by atoms with van der Waals surface area (Å²) in [7, 11) is 0. The van der Waals surface area contributed by atoms with Gasteiger partial charge in [-0.05, 0) is 58.1 Å². The van der Waals surface area contributed by atoms with Crippen molar-refractivity contribution < 1.29 is 4.79 Å². The van der Waals surface area contributed by atoms with Crippen LogP contribution in [0.3, 0.4) is 0 Å². The van der Waals surface area contributed by atoms with Crippen LogP contribution in [-0.4, -0.2) is 10.9 Å². The molecule has 0 radical (unpaired) electrons. The molecule has 0 unspecified atom stereocenters. The van der Waals surface area contributed by atoms with E-state index in [0.29, 0.717) is 11.1 Å². The van der Waals surface area contributed by atoms with Crippen LogP contribution >= 0.6 is 15.9 Å². The second kappa shape index (κ2) is 6.38. The number of rotatable bonds is 3. The molecule has 116 valence electrons. The predicted molar refractivity (Wildman–Crippen MR) is 94.6 cm³/mol. The summed E-state index contributed by atoms with van der Waals surface area (Å²) in [4.78, 5) is 27.2. The summed E-state index contributed by atoms with van der Waals surface area (Å²) in [5.41, 5.74) is 2.77. The van der Waals surface area contributed by atoms with Crippen LogP contribution in [0.4, 0.5) is 0 Å². The van der Waals surface area contributed by atoms with Crippen molar-refractivity contribution in [1.82, 2.24) is 10.3 Å². The number of H-pyrrole nitrogens is 1. The van der Waals surface area contributed by atoms with E-state index in [1.54, 1.807) is 18.2 Å². The van der Waals surface area contributed by atoms with E-state index in [1.165, 1.54) is 0 Å². The lowest BCUT2D eigenvalue weighted by Crippen LogP contribution is -2.27. The molecule has 0 fully saturated rings. The lowest BCUT2D eigenvalue weighted by Gasteiger charge is -2.08. The minimum atomic E-state index is -0.221. The molecule has 3 aromatic rings. The minimum absolute atomic E-state index is 0.180. The van der Waals surface area contributed by atoms with E-state index in [1.807, 2.05) is 37.3 Å². The Morgan fingerprint density at radius 1 is 1.17 bits per heavy atom. The number of hydrogen-bond donors (Lipinski definition) is 2. The number of carbonyl (C=O) groups is 1. The van der Waals surface area contributed by atoms with E-state index in [9.17, 15) is 9.59 Å². The number of pyridine rings is 1. The smallest absolute Gasteiger partial charge is 0.253 e. The van der Waals surface area contributed by atoms with Gasteiger partial charge in [0.1, 0.15) is 0 Å². The maximum absolute atomic E-state index is 12.2. The van der Waals surface area contributed by atoms with Crippen molar-refractivity contribution in [2.45, 2.75) is 13.5 Å². The van der Waals surface area contributed by atoms with E-state index < -0.39 is 0 Å². The third-order valence-corrected chi connectivity index (χ3v) is 4.33. The third kappa shape index (κ3) is 3.35. The number of aryl methyl sites for hydroxylation is 1. The van der Waals surface area contributed by atoms with Gasteiger partial charge in [-0.1, -0.05) is 24.3 Å². The first-order valence-corrected chi connectivity index (χ1v) is 7.99. The Bertz CT molecular complexity index is 947. The van der Waals surface area contributed by atoms with Crippen LogP contribution in [0.25, 0.3) is 10.9 Å². The molecule has 2 aromatic carbocycles. The molecule has 0 aliphatic carbocycles. The summed E-state index contributed by atoms with van der Waals surface area (Å²) in [5, 5.41) is 3.73. The number of halogens is 1. The highest BCUT2D eigenvalue weighted by atomic mass is 79.9. The molecular weight excluding hydrogens is 356 g/mol. The Hall–Kier alpha value is -2.40. The molecule has 23 heavy (non-hydrogen) atoms. The van der Waals surface area contributed by atoms with Crippen molar-refractivity contribution in [1.29, 1.82) is 0 Å². The van der Waals surface area contributed by atoms with Gasteiger partial charge in [0.05, 0.1) is 5.56 Å². The molecule has 0 bridgehead atoms. The fourth-order valence-corrected chi connectivity index (χ4v) is 2.87. The summed E-state index contributed by atoms with van der Waals surface area (Å²) < 4.78 is 0.723. The van der Waals surface area contributed by atoms with Crippen molar-refractivity contribution in [3.63, 3.8) is 0 Å². The van der Waals surface area contributed by atoms with Gasteiger partial charge in [-0.2, -0.15) is 0 Å². The second-order valence-electron chi connectivity index (χ2n) is 5.38. The van der Waals surface area contributed by atoms with Crippen LogP contribution < -0.4 is 10.9 Å². The summed E-state index contributed by atoms with van der Waals surface area (Å²) in [6.07, 6.45) is 0. The molecule has 0 spiro atoms. The zero-order valence-corrected chi connectivity index (χ0v) is 14.1. The van der Waals surface area contributed by atoms with Crippen molar-refractivity contribution in [2.24, 2.45) is 0 Å². The monoisotopic (exact) mass is 370 g/mol. The Balaban J connectivity index is 1.83. The molecule has 3 rings (SSSR count). The highest BCUT2D eigenvalue weighted by Crippen LogP contribution is 2.16. The topological polar surface area (TPSA) is 62.0 Å². The van der Waals surface area contributed by atoms with Crippen molar-refractivity contribution in [3.05, 3.63) is 80.0 Å².